The van der Waals surface area contributed by atoms with Gasteiger partial charge in [-0.15, -0.1) is 0 Å². The molecule has 1 aromatic heterocycles. The minimum Gasteiger partial charge on any atom is -0.439 e. The molecule has 1 heterocycles. The second-order valence-electron chi connectivity index (χ2n) is 4.64. The molecule has 4 heteroatoms. The summed E-state index contributed by atoms with van der Waals surface area (Å²) >= 11 is 0. The lowest BCUT2D eigenvalue weighted by Crippen LogP contribution is -2.07. The fraction of sp³-hybridized carbons (Fsp3) is 0.357. The van der Waals surface area contributed by atoms with Crippen LogP contribution in [0, 0.1) is 13.8 Å². The van der Waals surface area contributed by atoms with Crippen molar-refractivity contribution in [1.82, 2.24) is 9.78 Å². The van der Waals surface area contributed by atoms with Crippen LogP contribution in [0.5, 0.6) is 11.6 Å². The molecule has 0 radical (unpaired) electrons. The highest BCUT2D eigenvalue weighted by atomic mass is 16.5. The third-order valence-corrected chi connectivity index (χ3v) is 2.92. The summed E-state index contributed by atoms with van der Waals surface area (Å²) < 4.78 is 7.60. The van der Waals surface area contributed by atoms with E-state index in [0.717, 1.165) is 22.9 Å². The van der Waals surface area contributed by atoms with Crippen molar-refractivity contribution in [1.29, 1.82) is 0 Å². The van der Waals surface area contributed by atoms with E-state index in [1.807, 2.05) is 52.1 Å². The van der Waals surface area contributed by atoms with Gasteiger partial charge in [-0.25, -0.2) is 4.68 Å². The Hall–Kier alpha value is -1.81. The zero-order valence-electron chi connectivity index (χ0n) is 11.3. The van der Waals surface area contributed by atoms with Gasteiger partial charge in [0.05, 0.1) is 5.69 Å². The van der Waals surface area contributed by atoms with Gasteiger partial charge in [-0.05, 0) is 32.9 Å². The average molecular weight is 245 g/mol. The Kier molecular flexibility index (Phi) is 3.39. The second-order valence-corrected chi connectivity index (χ2v) is 4.64. The molecule has 2 aromatic rings. The van der Waals surface area contributed by atoms with Crippen LogP contribution in [-0.2, 0) is 7.05 Å². The molecule has 0 amide bonds. The molecule has 0 aliphatic carbocycles. The number of nitrogens with zero attached hydrogens (tertiary/aromatic N) is 2. The van der Waals surface area contributed by atoms with E-state index in [4.69, 9.17) is 10.5 Å². The summed E-state index contributed by atoms with van der Waals surface area (Å²) in [5, 5.41) is 4.39. The number of hydrogen-bond acceptors (Lipinski definition) is 3. The molecule has 0 spiro atoms. The Morgan fingerprint density at radius 2 is 1.83 bits per heavy atom. The first kappa shape index (κ1) is 12.6. The highest BCUT2D eigenvalue weighted by molar-refractivity contribution is 5.36. The monoisotopic (exact) mass is 245 g/mol. The van der Waals surface area contributed by atoms with E-state index in [1.54, 1.807) is 4.68 Å². The van der Waals surface area contributed by atoms with Crippen molar-refractivity contribution in [2.45, 2.75) is 26.8 Å². The first-order chi connectivity index (χ1) is 8.49. The third kappa shape index (κ3) is 2.38. The Bertz CT molecular complexity index is 541. The van der Waals surface area contributed by atoms with Crippen molar-refractivity contribution < 1.29 is 4.74 Å². The average Bonchev–Trinajstić information content (AvgIpc) is 2.60. The fourth-order valence-electron chi connectivity index (χ4n) is 1.93. The SMILES string of the molecule is Cc1ccc(Oc2c(C)c(C(C)N)nn2C)cc1. The summed E-state index contributed by atoms with van der Waals surface area (Å²) in [7, 11) is 1.86. The Morgan fingerprint density at radius 1 is 1.22 bits per heavy atom. The maximum absolute atomic E-state index is 5.88. The summed E-state index contributed by atoms with van der Waals surface area (Å²) in [5.41, 5.74) is 8.96. The summed E-state index contributed by atoms with van der Waals surface area (Å²) in [6, 6.07) is 7.85. The molecule has 0 aliphatic rings. The van der Waals surface area contributed by atoms with Crippen molar-refractivity contribution in [2.24, 2.45) is 12.8 Å². The summed E-state index contributed by atoms with van der Waals surface area (Å²) in [5.74, 6) is 1.55. The number of aryl methyl sites for hydroxylation is 2. The zero-order chi connectivity index (χ0) is 13.3. The van der Waals surface area contributed by atoms with Crippen LogP contribution in [0.1, 0.15) is 29.8 Å². The highest BCUT2D eigenvalue weighted by Gasteiger charge is 2.16. The van der Waals surface area contributed by atoms with Crippen LogP contribution < -0.4 is 10.5 Å². The van der Waals surface area contributed by atoms with E-state index in [0.29, 0.717) is 0 Å². The van der Waals surface area contributed by atoms with E-state index in [2.05, 4.69) is 5.10 Å². The van der Waals surface area contributed by atoms with Gasteiger partial charge in [0, 0.05) is 18.7 Å². The minimum absolute atomic E-state index is 0.0911. The quantitative estimate of drug-likeness (QED) is 0.904. The maximum Gasteiger partial charge on any atom is 0.220 e. The van der Waals surface area contributed by atoms with Crippen LogP contribution in [0.25, 0.3) is 0 Å². The number of aromatic nitrogens is 2. The first-order valence-electron chi connectivity index (χ1n) is 6.02. The Balaban J connectivity index is 2.32. The first-order valence-corrected chi connectivity index (χ1v) is 6.02. The van der Waals surface area contributed by atoms with E-state index in [9.17, 15) is 0 Å². The van der Waals surface area contributed by atoms with Gasteiger partial charge in [0.2, 0.25) is 5.88 Å². The van der Waals surface area contributed by atoms with Crippen LogP contribution in [-0.4, -0.2) is 9.78 Å². The van der Waals surface area contributed by atoms with E-state index in [-0.39, 0.29) is 6.04 Å². The predicted molar refractivity (Wildman–Crippen MR) is 71.8 cm³/mol. The summed E-state index contributed by atoms with van der Waals surface area (Å²) in [6.45, 7) is 5.95. The molecule has 2 rings (SSSR count). The van der Waals surface area contributed by atoms with Gasteiger partial charge in [0.25, 0.3) is 0 Å². The van der Waals surface area contributed by atoms with E-state index in [1.165, 1.54) is 5.56 Å². The van der Waals surface area contributed by atoms with Crippen molar-refractivity contribution in [3.8, 4) is 11.6 Å². The molecule has 1 unspecified atom stereocenters. The lowest BCUT2D eigenvalue weighted by Gasteiger charge is -2.07. The molecular weight excluding hydrogens is 226 g/mol. The molecule has 4 nitrogen and oxygen atoms in total. The van der Waals surface area contributed by atoms with Gasteiger partial charge in [-0.3, -0.25) is 0 Å². The van der Waals surface area contributed by atoms with Gasteiger partial charge >= 0.3 is 0 Å². The molecule has 18 heavy (non-hydrogen) atoms. The molecule has 1 aromatic carbocycles. The number of benzene rings is 1. The van der Waals surface area contributed by atoms with E-state index < -0.39 is 0 Å². The molecule has 1 atom stereocenters. The van der Waals surface area contributed by atoms with Gasteiger partial charge in [-0.2, -0.15) is 5.10 Å². The molecule has 96 valence electrons. The van der Waals surface area contributed by atoms with Gasteiger partial charge < -0.3 is 10.5 Å². The van der Waals surface area contributed by atoms with E-state index >= 15 is 0 Å². The maximum atomic E-state index is 5.88. The Labute approximate surface area is 107 Å². The van der Waals surface area contributed by atoms with Crippen molar-refractivity contribution >= 4 is 0 Å². The number of ether oxygens (including phenoxy) is 1. The number of hydrogen-bond donors (Lipinski definition) is 1. The smallest absolute Gasteiger partial charge is 0.220 e. The van der Waals surface area contributed by atoms with Gasteiger partial charge in [0.15, 0.2) is 0 Å². The molecule has 0 saturated heterocycles. The lowest BCUT2D eigenvalue weighted by atomic mass is 10.2. The normalized spacial score (nSPS) is 12.5. The van der Waals surface area contributed by atoms with Crippen LogP contribution in [0.15, 0.2) is 24.3 Å². The third-order valence-electron chi connectivity index (χ3n) is 2.92. The fourth-order valence-corrected chi connectivity index (χ4v) is 1.93. The van der Waals surface area contributed by atoms with Crippen LogP contribution in [0.4, 0.5) is 0 Å². The Morgan fingerprint density at radius 3 is 2.33 bits per heavy atom. The number of rotatable bonds is 3. The largest absolute Gasteiger partial charge is 0.439 e. The van der Waals surface area contributed by atoms with Crippen LogP contribution >= 0.6 is 0 Å². The molecule has 0 saturated carbocycles. The summed E-state index contributed by atoms with van der Waals surface area (Å²) in [6.07, 6.45) is 0. The van der Waals surface area contributed by atoms with Crippen molar-refractivity contribution in [2.75, 3.05) is 0 Å². The second kappa shape index (κ2) is 4.82. The molecular formula is C14H19N3O. The highest BCUT2D eigenvalue weighted by Crippen LogP contribution is 2.28. The molecule has 0 aliphatic heterocycles. The number of nitrogens with two attached hydrogens (primary N) is 1. The van der Waals surface area contributed by atoms with Crippen LogP contribution in [0.2, 0.25) is 0 Å². The van der Waals surface area contributed by atoms with Crippen molar-refractivity contribution in [3.05, 3.63) is 41.1 Å². The topological polar surface area (TPSA) is 53.1 Å². The predicted octanol–water partition coefficient (Wildman–Crippen LogP) is 2.85. The molecule has 0 bridgehead atoms. The van der Waals surface area contributed by atoms with Gasteiger partial charge in [-0.1, -0.05) is 17.7 Å². The lowest BCUT2D eigenvalue weighted by molar-refractivity contribution is 0.427. The van der Waals surface area contributed by atoms with Gasteiger partial charge in [0.1, 0.15) is 5.75 Å². The zero-order valence-corrected chi connectivity index (χ0v) is 11.3. The molecule has 2 N–H and O–H groups in total. The van der Waals surface area contributed by atoms with Crippen molar-refractivity contribution in [3.63, 3.8) is 0 Å². The summed E-state index contributed by atoms with van der Waals surface area (Å²) in [4.78, 5) is 0. The van der Waals surface area contributed by atoms with Crippen LogP contribution in [0.3, 0.4) is 0 Å². The minimum atomic E-state index is -0.0911. The standard InChI is InChI=1S/C14H19N3O/c1-9-5-7-12(8-6-9)18-14-10(2)13(11(3)15)16-17(14)4/h5-8,11H,15H2,1-4H3. The molecule has 0 fully saturated rings.